The lowest BCUT2D eigenvalue weighted by molar-refractivity contribution is -0.123. The van der Waals surface area contributed by atoms with Gasteiger partial charge in [-0.1, -0.05) is 50.1 Å². The second-order valence-corrected chi connectivity index (χ2v) is 8.45. The number of nitrogens with one attached hydrogen (secondary N) is 2. The van der Waals surface area contributed by atoms with Gasteiger partial charge in [0.2, 0.25) is 0 Å². The number of amides is 3. The number of nitrogens with zero attached hydrogens (tertiary/aromatic N) is 1. The van der Waals surface area contributed by atoms with Crippen LogP contribution in [0.3, 0.4) is 0 Å². The first-order valence-electron chi connectivity index (χ1n) is 9.74. The number of aryl methyl sites for hydroxylation is 1. The molecule has 7 nitrogen and oxygen atoms in total. The Morgan fingerprint density at radius 1 is 1.17 bits per heavy atom. The maximum atomic E-state index is 12.5. The molecule has 1 saturated carbocycles. The normalized spacial score (nSPS) is 18.7. The molecule has 1 aliphatic rings. The van der Waals surface area contributed by atoms with Crippen LogP contribution < -0.4 is 10.6 Å². The quantitative estimate of drug-likeness (QED) is 0.726. The van der Waals surface area contributed by atoms with E-state index in [0.717, 1.165) is 36.3 Å². The summed E-state index contributed by atoms with van der Waals surface area (Å²) in [5.41, 5.74) is 1.33. The number of urea groups is 1. The Balaban J connectivity index is 1.53. The van der Waals surface area contributed by atoms with Crippen molar-refractivity contribution in [3.05, 3.63) is 40.2 Å². The summed E-state index contributed by atoms with van der Waals surface area (Å²) in [6.07, 6.45) is 4.20. The summed E-state index contributed by atoms with van der Waals surface area (Å²) in [6.45, 7) is 3.36. The van der Waals surface area contributed by atoms with Gasteiger partial charge in [-0.15, -0.1) is 11.3 Å². The molecule has 2 atom stereocenters. The van der Waals surface area contributed by atoms with Crippen LogP contribution in [0.15, 0.2) is 30.3 Å². The molecule has 3 amide bonds. The van der Waals surface area contributed by atoms with Crippen molar-refractivity contribution in [2.24, 2.45) is 5.92 Å². The Morgan fingerprint density at radius 2 is 1.90 bits per heavy atom. The average Bonchev–Trinajstić information content (AvgIpc) is 3.10. The fraction of sp³-hybridized carbons (Fsp3) is 0.429. The highest BCUT2D eigenvalue weighted by Gasteiger charge is 2.24. The van der Waals surface area contributed by atoms with Crippen LogP contribution in [-0.4, -0.2) is 35.5 Å². The fourth-order valence-electron chi connectivity index (χ4n) is 3.45. The van der Waals surface area contributed by atoms with Crippen LogP contribution in [0.2, 0.25) is 0 Å². The van der Waals surface area contributed by atoms with Gasteiger partial charge in [0.15, 0.2) is 6.61 Å². The lowest BCUT2D eigenvalue weighted by Gasteiger charge is -2.29. The van der Waals surface area contributed by atoms with Crippen LogP contribution in [-0.2, 0) is 9.53 Å². The third-order valence-corrected chi connectivity index (χ3v) is 5.93. The highest BCUT2D eigenvalue weighted by molar-refractivity contribution is 7.14. The molecule has 0 saturated heterocycles. The van der Waals surface area contributed by atoms with E-state index in [2.05, 4.69) is 22.5 Å². The molecule has 1 fully saturated rings. The molecule has 0 radical (unpaired) electrons. The highest BCUT2D eigenvalue weighted by Crippen LogP contribution is 2.28. The Morgan fingerprint density at radius 3 is 2.62 bits per heavy atom. The summed E-state index contributed by atoms with van der Waals surface area (Å²) in [7, 11) is 0. The Bertz CT molecular complexity index is 881. The number of ether oxygens (including phenoxy) is 1. The summed E-state index contributed by atoms with van der Waals surface area (Å²) >= 11 is 1.21. The average molecular weight is 416 g/mol. The topological polar surface area (TPSA) is 97.4 Å². The van der Waals surface area contributed by atoms with Gasteiger partial charge in [-0.05, 0) is 25.7 Å². The van der Waals surface area contributed by atoms with E-state index < -0.39 is 24.5 Å². The van der Waals surface area contributed by atoms with E-state index in [1.807, 2.05) is 30.3 Å². The second kappa shape index (κ2) is 9.65. The van der Waals surface area contributed by atoms with Gasteiger partial charge in [0.25, 0.3) is 5.91 Å². The molecule has 0 unspecified atom stereocenters. The predicted octanol–water partition coefficient (Wildman–Crippen LogP) is 3.68. The minimum atomic E-state index is -0.665. The van der Waals surface area contributed by atoms with Gasteiger partial charge in [0.1, 0.15) is 4.88 Å². The van der Waals surface area contributed by atoms with E-state index in [9.17, 15) is 14.4 Å². The second-order valence-electron chi connectivity index (χ2n) is 7.24. The minimum Gasteiger partial charge on any atom is -0.451 e. The first-order chi connectivity index (χ1) is 13.9. The van der Waals surface area contributed by atoms with Crippen molar-refractivity contribution in [1.29, 1.82) is 0 Å². The first kappa shape index (κ1) is 21.0. The number of benzene rings is 1. The summed E-state index contributed by atoms with van der Waals surface area (Å²) in [5.74, 6) is -0.916. The number of esters is 1. The molecule has 1 aromatic carbocycles. The Hall–Kier alpha value is -2.74. The van der Waals surface area contributed by atoms with Gasteiger partial charge in [0, 0.05) is 11.6 Å². The third kappa shape index (κ3) is 5.63. The van der Waals surface area contributed by atoms with Crippen molar-refractivity contribution in [2.45, 2.75) is 45.6 Å². The van der Waals surface area contributed by atoms with Gasteiger partial charge in [-0.2, -0.15) is 0 Å². The van der Waals surface area contributed by atoms with Gasteiger partial charge >= 0.3 is 12.0 Å². The van der Waals surface area contributed by atoms with Crippen molar-refractivity contribution in [1.82, 2.24) is 15.6 Å². The first-order valence-corrected chi connectivity index (χ1v) is 10.6. The van der Waals surface area contributed by atoms with Crippen molar-refractivity contribution in [3.63, 3.8) is 0 Å². The molecule has 2 N–H and O–H groups in total. The maximum Gasteiger partial charge on any atom is 0.351 e. The van der Waals surface area contributed by atoms with Crippen molar-refractivity contribution < 1.29 is 19.1 Å². The minimum absolute atomic E-state index is 0.0627. The van der Waals surface area contributed by atoms with Crippen molar-refractivity contribution in [3.8, 4) is 11.3 Å². The molecule has 29 heavy (non-hydrogen) atoms. The van der Waals surface area contributed by atoms with E-state index >= 15 is 0 Å². The van der Waals surface area contributed by atoms with E-state index in [0.29, 0.717) is 16.5 Å². The molecule has 1 aliphatic carbocycles. The number of hydrogen-bond donors (Lipinski definition) is 2. The number of aromatic nitrogens is 1. The number of rotatable bonds is 5. The zero-order valence-corrected chi connectivity index (χ0v) is 17.4. The molecule has 1 heterocycles. The summed E-state index contributed by atoms with van der Waals surface area (Å²) in [6, 6.07) is 8.82. The van der Waals surface area contributed by atoms with E-state index in [4.69, 9.17) is 4.74 Å². The zero-order valence-electron chi connectivity index (χ0n) is 16.6. The number of thiazole rings is 1. The molecule has 0 aliphatic heterocycles. The molecule has 2 aromatic rings. The molecular weight excluding hydrogens is 390 g/mol. The number of carbonyl (C=O) groups excluding carboxylic acids is 3. The molecule has 0 spiro atoms. The number of carbonyl (C=O) groups is 3. The summed E-state index contributed by atoms with van der Waals surface area (Å²) in [5, 5.41) is 5.78. The van der Waals surface area contributed by atoms with Gasteiger partial charge in [-0.3, -0.25) is 10.1 Å². The largest absolute Gasteiger partial charge is 0.451 e. The molecule has 8 heteroatoms. The molecule has 0 bridgehead atoms. The van der Waals surface area contributed by atoms with Gasteiger partial charge in [0.05, 0.1) is 10.7 Å². The monoisotopic (exact) mass is 415 g/mol. The molecule has 3 rings (SSSR count). The van der Waals surface area contributed by atoms with E-state index in [1.165, 1.54) is 11.3 Å². The predicted molar refractivity (Wildman–Crippen MR) is 111 cm³/mol. The van der Waals surface area contributed by atoms with Crippen LogP contribution in [0.4, 0.5) is 4.79 Å². The van der Waals surface area contributed by atoms with Crippen molar-refractivity contribution in [2.75, 3.05) is 6.61 Å². The standard InChI is InChI=1S/C21H25N3O4S/c1-13-8-6-7-11-16(13)23-21(27)24-17(25)12-28-20(26)19-18(22-14(2)29-19)15-9-4-3-5-10-15/h3-5,9-10,13,16H,6-8,11-12H2,1-2H3,(H2,23,24,25,27)/t13-,16+/m0/s1. The Kier molecular flexibility index (Phi) is 6.98. The highest BCUT2D eigenvalue weighted by atomic mass is 32.1. The third-order valence-electron chi connectivity index (χ3n) is 4.98. The van der Waals surface area contributed by atoms with Crippen LogP contribution in [0.1, 0.15) is 47.3 Å². The fourth-order valence-corrected chi connectivity index (χ4v) is 4.29. The summed E-state index contributed by atoms with van der Waals surface area (Å²) < 4.78 is 5.12. The van der Waals surface area contributed by atoms with Gasteiger partial charge in [-0.25, -0.2) is 14.6 Å². The molecular formula is C21H25N3O4S. The molecule has 154 valence electrons. The Labute approximate surface area is 173 Å². The number of imide groups is 1. The van der Waals surface area contributed by atoms with Crippen LogP contribution in [0.5, 0.6) is 0 Å². The molecule has 1 aromatic heterocycles. The van der Waals surface area contributed by atoms with E-state index in [-0.39, 0.29) is 6.04 Å². The number of hydrogen-bond acceptors (Lipinski definition) is 6. The summed E-state index contributed by atoms with van der Waals surface area (Å²) in [4.78, 5) is 41.3. The van der Waals surface area contributed by atoms with Crippen molar-refractivity contribution >= 4 is 29.2 Å². The zero-order chi connectivity index (χ0) is 20.8. The van der Waals surface area contributed by atoms with Crippen LogP contribution in [0.25, 0.3) is 11.3 Å². The van der Waals surface area contributed by atoms with Crippen LogP contribution >= 0.6 is 11.3 Å². The lowest BCUT2D eigenvalue weighted by Crippen LogP contribution is -2.48. The van der Waals surface area contributed by atoms with E-state index in [1.54, 1.807) is 6.92 Å². The van der Waals surface area contributed by atoms with Gasteiger partial charge < -0.3 is 10.1 Å². The van der Waals surface area contributed by atoms with Crippen LogP contribution in [0, 0.1) is 12.8 Å². The smallest absolute Gasteiger partial charge is 0.351 e. The lowest BCUT2D eigenvalue weighted by atomic mass is 9.86. The maximum absolute atomic E-state index is 12.5. The SMILES string of the molecule is Cc1nc(-c2ccccc2)c(C(=O)OCC(=O)NC(=O)N[C@@H]2CCCC[C@@H]2C)s1.